The molecule has 0 amide bonds. The lowest BCUT2D eigenvalue weighted by Gasteiger charge is -2.03. The van der Waals surface area contributed by atoms with Crippen LogP contribution >= 0.6 is 0 Å². The van der Waals surface area contributed by atoms with E-state index in [2.05, 4.69) is 4.18 Å². The fourth-order valence-electron chi connectivity index (χ4n) is 1.15. The first kappa shape index (κ1) is 7.94. The van der Waals surface area contributed by atoms with Crippen LogP contribution in [0.2, 0.25) is 0 Å². The molecule has 1 rings (SSSR count). The summed E-state index contributed by atoms with van der Waals surface area (Å²) in [6, 6.07) is 0. The molecule has 3 nitrogen and oxygen atoms in total. The Morgan fingerprint density at radius 3 is 2.20 bits per heavy atom. The molecule has 1 aliphatic rings. The maximum absolute atomic E-state index is 11.8. The predicted molar refractivity (Wildman–Crippen MR) is 33.4 cm³/mol. The molecule has 0 aromatic carbocycles. The Hall–Kier alpha value is -0.160. The maximum atomic E-state index is 11.8. The molecule has 1 aliphatic carbocycles. The van der Waals surface area contributed by atoms with Crippen LogP contribution in [0.1, 0.15) is 25.7 Å². The Morgan fingerprint density at radius 2 is 1.80 bits per heavy atom. The zero-order valence-corrected chi connectivity index (χ0v) is 6.23. The van der Waals surface area contributed by atoms with Crippen LogP contribution in [0.5, 0.6) is 0 Å². The third-order valence-electron chi connectivity index (χ3n) is 1.55. The molecule has 0 N–H and O–H groups in total. The van der Waals surface area contributed by atoms with Gasteiger partial charge in [0.05, 0.1) is 6.10 Å². The van der Waals surface area contributed by atoms with E-state index < -0.39 is 16.6 Å². The first-order valence-electron chi connectivity index (χ1n) is 3.21. The van der Waals surface area contributed by atoms with Crippen molar-refractivity contribution in [3.05, 3.63) is 0 Å². The van der Waals surface area contributed by atoms with E-state index in [1.807, 2.05) is 0 Å². The number of hydrogen-bond acceptors (Lipinski definition) is 3. The molecule has 60 valence electrons. The van der Waals surface area contributed by atoms with Crippen molar-refractivity contribution in [1.29, 1.82) is 0 Å². The molecule has 0 atom stereocenters. The highest BCUT2D eigenvalue weighted by Gasteiger charge is 2.21. The van der Waals surface area contributed by atoms with E-state index in [0.29, 0.717) is 12.8 Å². The highest BCUT2D eigenvalue weighted by atomic mass is 32.3. The minimum atomic E-state index is -4.71. The summed E-state index contributed by atoms with van der Waals surface area (Å²) in [6.07, 6.45) is 2.77. The smallest absolute Gasteiger partial charge is 0.241 e. The van der Waals surface area contributed by atoms with Gasteiger partial charge in [-0.25, -0.2) is 4.18 Å². The van der Waals surface area contributed by atoms with Crippen LogP contribution in [0.4, 0.5) is 3.89 Å². The van der Waals surface area contributed by atoms with E-state index in [0.717, 1.165) is 12.8 Å². The molecule has 0 aliphatic heterocycles. The summed E-state index contributed by atoms with van der Waals surface area (Å²) in [6.45, 7) is 0. The Kier molecular flexibility index (Phi) is 2.25. The van der Waals surface area contributed by atoms with Crippen molar-refractivity contribution in [2.75, 3.05) is 0 Å². The SMILES string of the molecule is O=S(=O)(F)OC1CCCC1. The molecule has 0 heterocycles. The minimum Gasteiger partial charge on any atom is -0.241 e. The third-order valence-corrected chi connectivity index (χ3v) is 2.06. The van der Waals surface area contributed by atoms with Crippen molar-refractivity contribution in [3.63, 3.8) is 0 Å². The standard InChI is InChI=1S/C5H9FO3S/c6-10(7,8)9-5-3-1-2-4-5/h5H,1-4H2. The maximum Gasteiger partial charge on any atom is 0.437 e. The molecule has 5 heteroatoms. The van der Waals surface area contributed by atoms with E-state index in [1.54, 1.807) is 0 Å². The molecule has 0 saturated heterocycles. The van der Waals surface area contributed by atoms with Gasteiger partial charge in [0.25, 0.3) is 0 Å². The van der Waals surface area contributed by atoms with Gasteiger partial charge in [0.1, 0.15) is 0 Å². The van der Waals surface area contributed by atoms with Gasteiger partial charge in [0.15, 0.2) is 0 Å². The van der Waals surface area contributed by atoms with Crippen LogP contribution in [0.15, 0.2) is 0 Å². The second-order valence-corrected chi connectivity index (χ2v) is 3.37. The summed E-state index contributed by atoms with van der Waals surface area (Å²) >= 11 is 0. The van der Waals surface area contributed by atoms with Gasteiger partial charge in [-0.3, -0.25) is 0 Å². The zero-order valence-electron chi connectivity index (χ0n) is 5.42. The molecule has 0 spiro atoms. The Labute approximate surface area is 59.6 Å². The van der Waals surface area contributed by atoms with Crippen LogP contribution in [-0.4, -0.2) is 14.5 Å². The van der Waals surface area contributed by atoms with Gasteiger partial charge >= 0.3 is 10.5 Å². The first-order chi connectivity index (χ1) is 4.58. The highest BCUT2D eigenvalue weighted by Crippen LogP contribution is 2.22. The van der Waals surface area contributed by atoms with E-state index >= 15 is 0 Å². The van der Waals surface area contributed by atoms with E-state index in [1.165, 1.54) is 0 Å². The van der Waals surface area contributed by atoms with Crippen molar-refractivity contribution in [3.8, 4) is 0 Å². The predicted octanol–water partition coefficient (Wildman–Crippen LogP) is 1.16. The second kappa shape index (κ2) is 2.84. The van der Waals surface area contributed by atoms with E-state index in [4.69, 9.17) is 0 Å². The van der Waals surface area contributed by atoms with Crippen LogP contribution in [0.3, 0.4) is 0 Å². The Balaban J connectivity index is 2.38. The van der Waals surface area contributed by atoms with E-state index in [9.17, 15) is 12.3 Å². The lowest BCUT2D eigenvalue weighted by Crippen LogP contribution is -2.10. The topological polar surface area (TPSA) is 43.4 Å². The van der Waals surface area contributed by atoms with Crippen molar-refractivity contribution in [2.24, 2.45) is 0 Å². The van der Waals surface area contributed by atoms with Gasteiger partial charge in [0.2, 0.25) is 0 Å². The molecule has 0 bridgehead atoms. The average Bonchev–Trinajstić information content (AvgIpc) is 2.12. The van der Waals surface area contributed by atoms with Crippen molar-refractivity contribution in [2.45, 2.75) is 31.8 Å². The summed E-state index contributed by atoms with van der Waals surface area (Å²) in [5.74, 6) is 0. The van der Waals surface area contributed by atoms with Gasteiger partial charge in [-0.1, -0.05) is 16.7 Å². The zero-order chi connectivity index (χ0) is 7.61. The molecule has 10 heavy (non-hydrogen) atoms. The summed E-state index contributed by atoms with van der Waals surface area (Å²) < 4.78 is 35.7. The third kappa shape index (κ3) is 2.62. The van der Waals surface area contributed by atoms with Gasteiger partial charge < -0.3 is 0 Å². The van der Waals surface area contributed by atoms with Crippen LogP contribution in [0, 0.1) is 0 Å². The molecule has 1 saturated carbocycles. The first-order valence-corrected chi connectivity index (χ1v) is 4.52. The fraction of sp³-hybridized carbons (Fsp3) is 1.00. The average molecular weight is 168 g/mol. The lowest BCUT2D eigenvalue weighted by molar-refractivity contribution is 0.202. The largest absolute Gasteiger partial charge is 0.437 e. The molecule has 0 radical (unpaired) electrons. The highest BCUT2D eigenvalue weighted by molar-refractivity contribution is 7.81. The van der Waals surface area contributed by atoms with Gasteiger partial charge in [-0.05, 0) is 12.8 Å². The van der Waals surface area contributed by atoms with Crippen molar-refractivity contribution < 1.29 is 16.5 Å². The Morgan fingerprint density at radius 1 is 1.30 bits per heavy atom. The molecule has 0 aromatic rings. The normalized spacial score (nSPS) is 21.7. The van der Waals surface area contributed by atoms with Crippen molar-refractivity contribution in [1.82, 2.24) is 0 Å². The summed E-state index contributed by atoms with van der Waals surface area (Å²) in [4.78, 5) is 0. The van der Waals surface area contributed by atoms with Crippen molar-refractivity contribution >= 4 is 10.5 Å². The van der Waals surface area contributed by atoms with Crippen LogP contribution < -0.4 is 0 Å². The number of hydrogen-bond donors (Lipinski definition) is 0. The van der Waals surface area contributed by atoms with Crippen LogP contribution in [0.25, 0.3) is 0 Å². The molecule has 1 fully saturated rings. The van der Waals surface area contributed by atoms with Gasteiger partial charge in [-0.2, -0.15) is 8.42 Å². The van der Waals surface area contributed by atoms with Gasteiger partial charge in [-0.15, -0.1) is 0 Å². The van der Waals surface area contributed by atoms with Gasteiger partial charge in [0, 0.05) is 0 Å². The van der Waals surface area contributed by atoms with E-state index in [-0.39, 0.29) is 0 Å². The molecule has 0 aromatic heterocycles. The van der Waals surface area contributed by atoms with Crippen LogP contribution in [-0.2, 0) is 14.7 Å². The monoisotopic (exact) mass is 168 g/mol. The molecule has 0 unspecified atom stereocenters. The fourth-order valence-corrected chi connectivity index (χ4v) is 1.66. The lowest BCUT2D eigenvalue weighted by atomic mass is 10.3. The second-order valence-electron chi connectivity index (χ2n) is 2.40. The quantitative estimate of drug-likeness (QED) is 0.581. The minimum absolute atomic E-state index is 0.407. The number of halogens is 1. The summed E-state index contributed by atoms with van der Waals surface area (Å²) in [7, 11) is -4.71. The number of rotatable bonds is 2. The Bertz CT molecular complexity index is 193. The molecular formula is C5H9FO3S. The summed E-state index contributed by atoms with van der Waals surface area (Å²) in [5.41, 5.74) is 0. The molecular weight excluding hydrogens is 159 g/mol. The summed E-state index contributed by atoms with van der Waals surface area (Å²) in [5, 5.41) is 0.